The van der Waals surface area contributed by atoms with Crippen LogP contribution in [0.4, 0.5) is 0 Å². The lowest BCUT2D eigenvalue weighted by molar-refractivity contribution is 0.563. The zero-order valence-corrected chi connectivity index (χ0v) is 8.33. The van der Waals surface area contributed by atoms with Crippen LogP contribution in [0.2, 0.25) is 0 Å². The normalized spacial score (nSPS) is 10.5. The van der Waals surface area contributed by atoms with Gasteiger partial charge in [-0.25, -0.2) is 9.97 Å². The Morgan fingerprint density at radius 2 is 1.81 bits per heavy atom. The average molecular weight is 212 g/mol. The molecule has 0 bridgehead atoms. The fraction of sp³-hybridized carbons (Fsp3) is 0. The standard InChI is InChI=1S/C12H8N2O2/c1-2-4-9(5-3-1)11-14-10(8-16-11)12-13-6-7-15-12/h1-8H. The fourth-order valence-corrected chi connectivity index (χ4v) is 1.44. The van der Waals surface area contributed by atoms with Gasteiger partial charge in [0.25, 0.3) is 0 Å². The van der Waals surface area contributed by atoms with E-state index in [0.717, 1.165) is 5.56 Å². The van der Waals surface area contributed by atoms with Gasteiger partial charge < -0.3 is 8.83 Å². The Kier molecular flexibility index (Phi) is 2.04. The van der Waals surface area contributed by atoms with Crippen molar-refractivity contribution in [2.45, 2.75) is 0 Å². The van der Waals surface area contributed by atoms with E-state index in [4.69, 9.17) is 8.83 Å². The third kappa shape index (κ3) is 1.50. The molecule has 3 aromatic rings. The first kappa shape index (κ1) is 8.91. The van der Waals surface area contributed by atoms with E-state index in [2.05, 4.69) is 9.97 Å². The van der Waals surface area contributed by atoms with Gasteiger partial charge in [0.2, 0.25) is 11.8 Å². The maximum Gasteiger partial charge on any atom is 0.248 e. The maximum atomic E-state index is 5.36. The van der Waals surface area contributed by atoms with Crippen LogP contribution in [0, 0.1) is 0 Å². The molecule has 0 spiro atoms. The first-order valence-corrected chi connectivity index (χ1v) is 4.84. The van der Waals surface area contributed by atoms with Crippen LogP contribution >= 0.6 is 0 Å². The monoisotopic (exact) mass is 212 g/mol. The van der Waals surface area contributed by atoms with Gasteiger partial charge in [0.15, 0.2) is 5.69 Å². The molecule has 2 aromatic heterocycles. The molecule has 0 fully saturated rings. The SMILES string of the molecule is c1ccc(-c2nc(-c3ncco3)co2)cc1. The predicted octanol–water partition coefficient (Wildman–Crippen LogP) is 3.00. The molecule has 0 amide bonds. The van der Waals surface area contributed by atoms with Crippen molar-refractivity contribution in [3.8, 4) is 23.0 Å². The summed E-state index contributed by atoms with van der Waals surface area (Å²) < 4.78 is 10.5. The second-order valence-corrected chi connectivity index (χ2v) is 3.24. The first-order valence-electron chi connectivity index (χ1n) is 4.84. The quantitative estimate of drug-likeness (QED) is 0.655. The molecule has 0 saturated heterocycles. The summed E-state index contributed by atoms with van der Waals surface area (Å²) >= 11 is 0. The zero-order chi connectivity index (χ0) is 10.8. The van der Waals surface area contributed by atoms with E-state index < -0.39 is 0 Å². The van der Waals surface area contributed by atoms with Crippen LogP contribution < -0.4 is 0 Å². The highest BCUT2D eigenvalue weighted by Gasteiger charge is 2.10. The van der Waals surface area contributed by atoms with E-state index in [9.17, 15) is 0 Å². The second-order valence-electron chi connectivity index (χ2n) is 3.24. The number of rotatable bonds is 2. The molecule has 0 N–H and O–H groups in total. The Labute approximate surface area is 91.6 Å². The van der Waals surface area contributed by atoms with Crippen molar-refractivity contribution in [2.75, 3.05) is 0 Å². The van der Waals surface area contributed by atoms with Crippen LogP contribution in [-0.4, -0.2) is 9.97 Å². The molecule has 78 valence electrons. The van der Waals surface area contributed by atoms with Crippen LogP contribution in [0.25, 0.3) is 23.0 Å². The van der Waals surface area contributed by atoms with Crippen LogP contribution in [-0.2, 0) is 0 Å². The Balaban J connectivity index is 2.00. The molecular weight excluding hydrogens is 204 g/mol. The van der Waals surface area contributed by atoms with Gasteiger partial charge in [-0.15, -0.1) is 0 Å². The molecule has 0 unspecified atom stereocenters. The molecule has 0 aliphatic carbocycles. The van der Waals surface area contributed by atoms with Crippen molar-refractivity contribution in [2.24, 2.45) is 0 Å². The van der Waals surface area contributed by atoms with E-state index in [0.29, 0.717) is 17.5 Å². The topological polar surface area (TPSA) is 52.1 Å². The highest BCUT2D eigenvalue weighted by Crippen LogP contribution is 2.22. The minimum absolute atomic E-state index is 0.464. The lowest BCUT2D eigenvalue weighted by atomic mass is 10.2. The Hall–Kier alpha value is -2.36. The Morgan fingerprint density at radius 1 is 0.938 bits per heavy atom. The molecule has 3 rings (SSSR count). The third-order valence-corrected chi connectivity index (χ3v) is 2.18. The van der Waals surface area contributed by atoms with Crippen molar-refractivity contribution >= 4 is 0 Å². The van der Waals surface area contributed by atoms with E-state index in [1.807, 2.05) is 30.3 Å². The zero-order valence-electron chi connectivity index (χ0n) is 8.33. The summed E-state index contributed by atoms with van der Waals surface area (Å²) in [6.07, 6.45) is 4.62. The lowest BCUT2D eigenvalue weighted by Crippen LogP contribution is -1.78. The van der Waals surface area contributed by atoms with E-state index in [-0.39, 0.29) is 0 Å². The smallest absolute Gasteiger partial charge is 0.248 e. The van der Waals surface area contributed by atoms with Gasteiger partial charge in [-0.2, -0.15) is 0 Å². The van der Waals surface area contributed by atoms with Crippen LogP contribution in [0.3, 0.4) is 0 Å². The number of hydrogen-bond donors (Lipinski definition) is 0. The molecule has 0 radical (unpaired) electrons. The molecule has 16 heavy (non-hydrogen) atoms. The second kappa shape index (κ2) is 3.66. The van der Waals surface area contributed by atoms with Gasteiger partial charge in [0, 0.05) is 5.56 Å². The van der Waals surface area contributed by atoms with Gasteiger partial charge in [-0.1, -0.05) is 18.2 Å². The van der Waals surface area contributed by atoms with Crippen LogP contribution in [0.1, 0.15) is 0 Å². The summed E-state index contributed by atoms with van der Waals surface area (Å²) in [7, 11) is 0. The summed E-state index contributed by atoms with van der Waals surface area (Å²) in [5.74, 6) is 1.03. The number of oxazole rings is 2. The predicted molar refractivity (Wildman–Crippen MR) is 57.4 cm³/mol. The van der Waals surface area contributed by atoms with Gasteiger partial charge in [0.1, 0.15) is 12.5 Å². The van der Waals surface area contributed by atoms with Gasteiger partial charge >= 0.3 is 0 Å². The van der Waals surface area contributed by atoms with Gasteiger partial charge in [0.05, 0.1) is 6.20 Å². The van der Waals surface area contributed by atoms with E-state index in [1.54, 1.807) is 6.20 Å². The lowest BCUT2D eigenvalue weighted by Gasteiger charge is -1.91. The average Bonchev–Trinajstić information content (AvgIpc) is 3.01. The molecular formula is C12H8N2O2. The maximum absolute atomic E-state index is 5.36. The minimum atomic E-state index is 0.464. The summed E-state index contributed by atoms with van der Waals surface area (Å²) in [5, 5.41) is 0. The van der Waals surface area contributed by atoms with Crippen molar-refractivity contribution in [3.63, 3.8) is 0 Å². The molecule has 0 aliphatic rings. The molecule has 4 nitrogen and oxygen atoms in total. The molecule has 0 atom stereocenters. The number of hydrogen-bond acceptors (Lipinski definition) is 4. The summed E-state index contributed by atoms with van der Waals surface area (Å²) in [6.45, 7) is 0. The largest absolute Gasteiger partial charge is 0.444 e. The fourth-order valence-electron chi connectivity index (χ4n) is 1.44. The van der Waals surface area contributed by atoms with Gasteiger partial charge in [-0.3, -0.25) is 0 Å². The summed E-state index contributed by atoms with van der Waals surface area (Å²) in [6, 6.07) is 9.69. The number of aromatic nitrogens is 2. The van der Waals surface area contributed by atoms with Gasteiger partial charge in [-0.05, 0) is 12.1 Å². The Bertz CT molecular complexity index is 570. The third-order valence-electron chi connectivity index (χ3n) is 2.18. The minimum Gasteiger partial charge on any atom is -0.444 e. The van der Waals surface area contributed by atoms with Crippen molar-refractivity contribution in [1.29, 1.82) is 0 Å². The molecule has 4 heteroatoms. The highest BCUT2D eigenvalue weighted by atomic mass is 16.4. The van der Waals surface area contributed by atoms with Crippen molar-refractivity contribution in [3.05, 3.63) is 49.1 Å². The number of benzene rings is 1. The number of nitrogens with zero attached hydrogens (tertiary/aromatic N) is 2. The molecule has 0 saturated carbocycles. The molecule has 1 aromatic carbocycles. The first-order chi connectivity index (χ1) is 7.93. The van der Waals surface area contributed by atoms with Crippen molar-refractivity contribution < 1.29 is 8.83 Å². The molecule has 0 aliphatic heterocycles. The van der Waals surface area contributed by atoms with Crippen molar-refractivity contribution in [1.82, 2.24) is 9.97 Å². The van der Waals surface area contributed by atoms with E-state index >= 15 is 0 Å². The highest BCUT2D eigenvalue weighted by molar-refractivity contribution is 5.57. The molecule has 2 heterocycles. The van der Waals surface area contributed by atoms with E-state index in [1.165, 1.54) is 12.5 Å². The van der Waals surface area contributed by atoms with Crippen LogP contribution in [0.5, 0.6) is 0 Å². The Morgan fingerprint density at radius 3 is 2.56 bits per heavy atom. The van der Waals surface area contributed by atoms with Crippen LogP contribution in [0.15, 0.2) is 57.9 Å². The summed E-state index contributed by atoms with van der Waals surface area (Å²) in [4.78, 5) is 8.30. The summed E-state index contributed by atoms with van der Waals surface area (Å²) in [5.41, 5.74) is 1.53.